The molecular weight excluding hydrogens is 288 g/mol. The number of aryl methyl sites for hydroxylation is 2. The van der Waals surface area contributed by atoms with Crippen molar-refractivity contribution < 1.29 is 4.79 Å². The number of nitrogens with zero attached hydrogens (tertiary/aromatic N) is 2. The number of rotatable bonds is 4. The largest absolute Gasteiger partial charge is 0.316 e. The van der Waals surface area contributed by atoms with Crippen LogP contribution in [0.25, 0.3) is 0 Å². The number of carbonyl (C=O) groups is 1. The topological polar surface area (TPSA) is 72.9 Å². The van der Waals surface area contributed by atoms with E-state index in [2.05, 4.69) is 31.2 Å². The second kappa shape index (κ2) is 6.54. The minimum absolute atomic E-state index is 0.147. The van der Waals surface area contributed by atoms with Crippen molar-refractivity contribution in [3.8, 4) is 0 Å². The van der Waals surface area contributed by atoms with Gasteiger partial charge in [-0.1, -0.05) is 50.6 Å². The number of benzene rings is 1. The quantitative estimate of drug-likeness (QED) is 0.911. The van der Waals surface area contributed by atoms with E-state index in [1.165, 1.54) is 0 Å². The molecule has 2 aromatic rings. The van der Waals surface area contributed by atoms with Crippen molar-refractivity contribution in [1.29, 1.82) is 0 Å². The summed E-state index contributed by atoms with van der Waals surface area (Å²) in [5.41, 5.74) is 9.09. The molecule has 0 saturated carbocycles. The van der Waals surface area contributed by atoms with Gasteiger partial charge >= 0.3 is 0 Å². The molecular formula is C18H26N4O. The Morgan fingerprint density at radius 3 is 2.48 bits per heavy atom. The van der Waals surface area contributed by atoms with Crippen molar-refractivity contribution in [2.24, 2.45) is 18.2 Å². The first kappa shape index (κ1) is 17.2. The molecule has 0 fully saturated rings. The number of carbonyl (C=O) groups excluding carboxylic acids is 1. The van der Waals surface area contributed by atoms with E-state index in [1.807, 2.05) is 44.3 Å². The van der Waals surface area contributed by atoms with E-state index in [-0.39, 0.29) is 11.3 Å². The normalized spacial score (nSPS) is 13.0. The third-order valence-corrected chi connectivity index (χ3v) is 3.61. The molecule has 124 valence electrons. The maximum Gasteiger partial charge on any atom is 0.247 e. The van der Waals surface area contributed by atoms with E-state index >= 15 is 0 Å². The minimum atomic E-state index is -0.698. The zero-order valence-electron chi connectivity index (χ0n) is 14.6. The summed E-state index contributed by atoms with van der Waals surface area (Å²) in [7, 11) is 1.82. The summed E-state index contributed by atoms with van der Waals surface area (Å²) in [5, 5.41) is 7.32. The van der Waals surface area contributed by atoms with Crippen LogP contribution in [0.15, 0.2) is 30.3 Å². The Morgan fingerprint density at radius 1 is 1.30 bits per heavy atom. The average Bonchev–Trinajstić information content (AvgIpc) is 2.76. The summed E-state index contributed by atoms with van der Waals surface area (Å²) in [6, 6.07) is 8.88. The van der Waals surface area contributed by atoms with Crippen LogP contribution in [0.2, 0.25) is 0 Å². The van der Waals surface area contributed by atoms with E-state index < -0.39 is 6.04 Å². The Labute approximate surface area is 137 Å². The molecule has 0 bridgehead atoms. The maximum absolute atomic E-state index is 12.4. The van der Waals surface area contributed by atoms with E-state index in [1.54, 1.807) is 4.68 Å². The summed E-state index contributed by atoms with van der Waals surface area (Å²) in [4.78, 5) is 12.4. The number of aromatic nitrogens is 2. The lowest BCUT2D eigenvalue weighted by atomic mass is 9.91. The number of hydrogen-bond donors (Lipinski definition) is 2. The Kier molecular flexibility index (Phi) is 4.90. The highest BCUT2D eigenvalue weighted by Gasteiger charge is 2.19. The summed E-state index contributed by atoms with van der Waals surface area (Å²) in [6.07, 6.45) is 0.848. The predicted octanol–water partition coefficient (Wildman–Crippen LogP) is 2.96. The van der Waals surface area contributed by atoms with Crippen molar-refractivity contribution in [3.63, 3.8) is 0 Å². The molecule has 1 aromatic carbocycles. The van der Waals surface area contributed by atoms with Crippen LogP contribution in [0, 0.1) is 12.3 Å². The number of anilines is 1. The van der Waals surface area contributed by atoms with Crippen molar-refractivity contribution in [1.82, 2.24) is 9.78 Å². The molecule has 1 amide bonds. The maximum atomic E-state index is 12.4. The molecule has 1 heterocycles. The van der Waals surface area contributed by atoms with Crippen molar-refractivity contribution in [3.05, 3.63) is 47.2 Å². The molecule has 1 atom stereocenters. The van der Waals surface area contributed by atoms with Crippen LogP contribution in [-0.4, -0.2) is 15.7 Å². The Morgan fingerprint density at radius 2 is 1.91 bits per heavy atom. The molecule has 3 N–H and O–H groups in total. The van der Waals surface area contributed by atoms with Gasteiger partial charge in [-0.15, -0.1) is 0 Å². The van der Waals surface area contributed by atoms with Gasteiger partial charge in [0.05, 0.1) is 5.69 Å². The summed E-state index contributed by atoms with van der Waals surface area (Å²) >= 11 is 0. The van der Waals surface area contributed by atoms with Gasteiger partial charge in [0, 0.05) is 13.1 Å². The summed E-state index contributed by atoms with van der Waals surface area (Å²) in [6.45, 7) is 8.48. The fourth-order valence-corrected chi connectivity index (χ4v) is 2.40. The van der Waals surface area contributed by atoms with Gasteiger partial charge in [0.2, 0.25) is 5.91 Å². The van der Waals surface area contributed by atoms with Crippen LogP contribution < -0.4 is 11.1 Å². The van der Waals surface area contributed by atoms with Crippen LogP contribution in [0.4, 0.5) is 5.82 Å². The lowest BCUT2D eigenvalue weighted by Gasteiger charge is -2.15. The fourth-order valence-electron chi connectivity index (χ4n) is 2.40. The molecule has 0 aliphatic heterocycles. The summed E-state index contributed by atoms with van der Waals surface area (Å²) < 4.78 is 1.68. The van der Waals surface area contributed by atoms with Crippen LogP contribution in [0.3, 0.4) is 0 Å². The van der Waals surface area contributed by atoms with Gasteiger partial charge in [-0.3, -0.25) is 9.48 Å². The highest BCUT2D eigenvalue weighted by atomic mass is 16.2. The molecule has 0 saturated heterocycles. The standard InChI is InChI=1S/C18H26N4O/c1-12-6-8-13(9-7-12)16(19)17(23)20-15-10-14(21-22(15)5)11-18(2,3)4/h6-10,16H,11,19H2,1-5H3,(H,20,23). The van der Waals surface area contributed by atoms with Gasteiger partial charge in [-0.05, 0) is 24.3 Å². The van der Waals surface area contributed by atoms with Crippen molar-refractivity contribution in [2.45, 2.75) is 40.2 Å². The van der Waals surface area contributed by atoms with E-state index in [0.29, 0.717) is 5.82 Å². The summed E-state index contributed by atoms with van der Waals surface area (Å²) in [5.74, 6) is 0.427. The van der Waals surface area contributed by atoms with Crippen molar-refractivity contribution in [2.75, 3.05) is 5.32 Å². The van der Waals surface area contributed by atoms with Crippen LogP contribution in [0.1, 0.15) is 43.6 Å². The van der Waals surface area contributed by atoms with Gasteiger partial charge in [-0.2, -0.15) is 5.10 Å². The minimum Gasteiger partial charge on any atom is -0.316 e. The van der Waals surface area contributed by atoms with Gasteiger partial charge in [-0.25, -0.2) is 0 Å². The zero-order valence-corrected chi connectivity index (χ0v) is 14.6. The Hall–Kier alpha value is -2.14. The molecule has 2 rings (SSSR count). The third kappa shape index (κ3) is 4.66. The van der Waals surface area contributed by atoms with Crippen LogP contribution in [0.5, 0.6) is 0 Å². The van der Waals surface area contributed by atoms with Gasteiger partial charge in [0.1, 0.15) is 11.9 Å². The third-order valence-electron chi connectivity index (χ3n) is 3.61. The first-order valence-corrected chi connectivity index (χ1v) is 7.82. The molecule has 1 aromatic heterocycles. The molecule has 5 nitrogen and oxygen atoms in total. The van der Waals surface area contributed by atoms with Gasteiger partial charge in [0.15, 0.2) is 0 Å². The Bertz CT molecular complexity index is 680. The second-order valence-electron chi connectivity index (χ2n) is 7.26. The number of nitrogens with one attached hydrogen (secondary N) is 1. The molecule has 0 radical (unpaired) electrons. The molecule has 1 unspecified atom stereocenters. The zero-order chi connectivity index (χ0) is 17.2. The molecule has 23 heavy (non-hydrogen) atoms. The van der Waals surface area contributed by atoms with Gasteiger partial charge < -0.3 is 11.1 Å². The predicted molar refractivity (Wildman–Crippen MR) is 93.1 cm³/mol. The first-order valence-electron chi connectivity index (χ1n) is 7.82. The highest BCUT2D eigenvalue weighted by molar-refractivity contribution is 5.94. The number of nitrogens with two attached hydrogens (primary N) is 1. The van der Waals surface area contributed by atoms with E-state index in [0.717, 1.165) is 23.2 Å². The lowest BCUT2D eigenvalue weighted by Crippen LogP contribution is -2.28. The van der Waals surface area contributed by atoms with Crippen molar-refractivity contribution >= 4 is 11.7 Å². The van der Waals surface area contributed by atoms with Gasteiger partial charge in [0.25, 0.3) is 0 Å². The highest BCUT2D eigenvalue weighted by Crippen LogP contribution is 2.22. The monoisotopic (exact) mass is 314 g/mol. The van der Waals surface area contributed by atoms with Crippen LogP contribution in [-0.2, 0) is 18.3 Å². The fraction of sp³-hybridized carbons (Fsp3) is 0.444. The lowest BCUT2D eigenvalue weighted by molar-refractivity contribution is -0.117. The number of amides is 1. The molecule has 5 heteroatoms. The Balaban J connectivity index is 2.09. The second-order valence-corrected chi connectivity index (χ2v) is 7.26. The smallest absolute Gasteiger partial charge is 0.247 e. The molecule has 0 spiro atoms. The van der Waals surface area contributed by atoms with Crippen LogP contribution >= 0.6 is 0 Å². The number of hydrogen-bond acceptors (Lipinski definition) is 3. The SMILES string of the molecule is Cc1ccc(C(N)C(=O)Nc2cc(CC(C)(C)C)nn2C)cc1. The van der Waals surface area contributed by atoms with E-state index in [4.69, 9.17) is 5.73 Å². The molecule has 0 aliphatic rings. The first-order chi connectivity index (χ1) is 10.7. The average molecular weight is 314 g/mol. The molecule has 0 aliphatic carbocycles. The van der Waals surface area contributed by atoms with E-state index in [9.17, 15) is 4.79 Å².